The van der Waals surface area contributed by atoms with Crippen LogP contribution in [-0.2, 0) is 11.3 Å². The highest BCUT2D eigenvalue weighted by Crippen LogP contribution is 2.36. The van der Waals surface area contributed by atoms with Crippen molar-refractivity contribution in [1.82, 2.24) is 4.57 Å². The third-order valence-electron chi connectivity index (χ3n) is 5.97. The minimum atomic E-state index is -0.614. The lowest BCUT2D eigenvalue weighted by Gasteiger charge is -2.10. The number of thiophene rings is 1. The monoisotopic (exact) mass is 557 g/mol. The molecule has 2 aromatic carbocycles. The van der Waals surface area contributed by atoms with Gasteiger partial charge in [0.25, 0.3) is 11.8 Å². The molecule has 37 heavy (non-hydrogen) atoms. The molecule has 192 valence electrons. The van der Waals surface area contributed by atoms with Crippen LogP contribution < -0.4 is 10.6 Å². The zero-order valence-electron chi connectivity index (χ0n) is 20.7. The number of ether oxygens (including phenoxy) is 1. The predicted molar refractivity (Wildman–Crippen MR) is 150 cm³/mol. The maximum atomic E-state index is 13.6. The fourth-order valence-corrected chi connectivity index (χ4v) is 5.65. The predicted octanol–water partition coefficient (Wildman–Crippen LogP) is 7.33. The maximum Gasteiger partial charge on any atom is 0.341 e. The molecule has 2 amide bonds. The first-order chi connectivity index (χ1) is 17.7. The summed E-state index contributed by atoms with van der Waals surface area (Å²) in [6.45, 7) is 7.86. The second-order valence-corrected chi connectivity index (χ2v) is 10.2. The SMILES string of the molecule is CCOC(=O)c1c(NC(=O)c2c(C)c3cc(Cl)ccc3n2CC)sc(C(=O)Nc2ccc(Cl)cc2)c1C. The number of halogens is 2. The summed E-state index contributed by atoms with van der Waals surface area (Å²) in [5.74, 6) is -1.43. The smallest absolute Gasteiger partial charge is 0.341 e. The van der Waals surface area contributed by atoms with Crippen molar-refractivity contribution in [2.24, 2.45) is 0 Å². The topological polar surface area (TPSA) is 89.4 Å². The molecule has 0 saturated heterocycles. The van der Waals surface area contributed by atoms with Crippen LogP contribution in [0.25, 0.3) is 10.9 Å². The highest BCUT2D eigenvalue weighted by molar-refractivity contribution is 7.19. The standard InChI is InChI=1S/C27H25Cl2N3O4S/c1-5-32-20-12-9-17(29)13-19(20)14(3)22(32)24(33)31-26-21(27(35)36-6-2)15(4)23(37-26)25(34)30-18-10-7-16(28)8-11-18/h7-13H,5-6H2,1-4H3,(H,30,34)(H,31,33). The van der Waals surface area contributed by atoms with E-state index in [1.54, 1.807) is 44.2 Å². The van der Waals surface area contributed by atoms with E-state index in [9.17, 15) is 14.4 Å². The number of fused-ring (bicyclic) bond motifs is 1. The number of hydrogen-bond donors (Lipinski definition) is 2. The number of nitrogens with zero attached hydrogens (tertiary/aromatic N) is 1. The Balaban J connectivity index is 1.74. The van der Waals surface area contributed by atoms with E-state index in [-0.39, 0.29) is 22.0 Å². The molecule has 4 rings (SSSR count). The zero-order chi connectivity index (χ0) is 26.9. The van der Waals surface area contributed by atoms with Crippen LogP contribution in [-0.4, -0.2) is 29.0 Å². The van der Waals surface area contributed by atoms with Crippen molar-refractivity contribution in [2.45, 2.75) is 34.2 Å². The summed E-state index contributed by atoms with van der Waals surface area (Å²) >= 11 is 13.2. The zero-order valence-corrected chi connectivity index (χ0v) is 23.0. The summed E-state index contributed by atoms with van der Waals surface area (Å²) in [5.41, 5.74) is 3.22. The van der Waals surface area contributed by atoms with E-state index in [1.807, 2.05) is 30.5 Å². The van der Waals surface area contributed by atoms with E-state index in [1.165, 1.54) is 0 Å². The van der Waals surface area contributed by atoms with Crippen molar-refractivity contribution in [3.05, 3.63) is 79.8 Å². The molecule has 2 heterocycles. The lowest BCUT2D eigenvalue weighted by molar-refractivity contribution is 0.0527. The molecule has 0 saturated carbocycles. The lowest BCUT2D eigenvalue weighted by atomic mass is 10.1. The normalized spacial score (nSPS) is 11.0. The molecule has 2 aromatic heterocycles. The molecular weight excluding hydrogens is 533 g/mol. The van der Waals surface area contributed by atoms with Gasteiger partial charge in [0, 0.05) is 33.2 Å². The molecule has 0 fully saturated rings. The molecule has 0 spiro atoms. The van der Waals surface area contributed by atoms with Crippen LogP contribution >= 0.6 is 34.5 Å². The van der Waals surface area contributed by atoms with E-state index < -0.39 is 17.8 Å². The number of rotatable bonds is 7. The molecule has 0 radical (unpaired) electrons. The summed E-state index contributed by atoms with van der Waals surface area (Å²) in [5, 5.41) is 7.91. The maximum absolute atomic E-state index is 13.6. The number of amides is 2. The molecule has 0 aliphatic heterocycles. The van der Waals surface area contributed by atoms with Gasteiger partial charge in [0.1, 0.15) is 10.7 Å². The first kappa shape index (κ1) is 26.7. The highest BCUT2D eigenvalue weighted by atomic mass is 35.5. The molecule has 7 nitrogen and oxygen atoms in total. The number of anilines is 2. The van der Waals surface area contributed by atoms with Crippen molar-refractivity contribution >= 4 is 73.9 Å². The Kier molecular flexibility index (Phi) is 7.92. The average molecular weight is 558 g/mol. The second kappa shape index (κ2) is 11.0. The molecule has 0 atom stereocenters. The number of nitrogens with one attached hydrogen (secondary N) is 2. The van der Waals surface area contributed by atoms with Crippen LogP contribution in [0.5, 0.6) is 0 Å². The Morgan fingerprint density at radius 2 is 1.59 bits per heavy atom. The third-order valence-corrected chi connectivity index (χ3v) is 7.66. The molecular formula is C27H25Cl2N3O4S. The van der Waals surface area contributed by atoms with Crippen LogP contribution in [0.4, 0.5) is 10.7 Å². The number of carbonyl (C=O) groups excluding carboxylic acids is 3. The summed E-state index contributed by atoms with van der Waals surface area (Å²) < 4.78 is 7.14. The van der Waals surface area contributed by atoms with Crippen molar-refractivity contribution in [2.75, 3.05) is 17.2 Å². The number of hydrogen-bond acceptors (Lipinski definition) is 5. The second-order valence-electron chi connectivity index (χ2n) is 8.28. The number of aromatic nitrogens is 1. The van der Waals surface area contributed by atoms with Crippen molar-refractivity contribution in [3.8, 4) is 0 Å². The van der Waals surface area contributed by atoms with Gasteiger partial charge >= 0.3 is 5.97 Å². The first-order valence-electron chi connectivity index (χ1n) is 11.6. The average Bonchev–Trinajstić information content (AvgIpc) is 3.33. The fraction of sp³-hybridized carbons (Fsp3) is 0.222. The molecule has 0 unspecified atom stereocenters. The van der Waals surface area contributed by atoms with Crippen LogP contribution in [0.1, 0.15) is 55.5 Å². The van der Waals surface area contributed by atoms with Crippen LogP contribution in [0.2, 0.25) is 10.0 Å². The Morgan fingerprint density at radius 3 is 2.24 bits per heavy atom. The molecule has 2 N–H and O–H groups in total. The van der Waals surface area contributed by atoms with Gasteiger partial charge < -0.3 is 19.9 Å². The van der Waals surface area contributed by atoms with Crippen molar-refractivity contribution in [3.63, 3.8) is 0 Å². The molecule has 0 bridgehead atoms. The van der Waals surface area contributed by atoms with E-state index in [0.717, 1.165) is 27.8 Å². The fourth-order valence-electron chi connectivity index (χ4n) is 4.27. The Bertz CT molecular complexity index is 1520. The first-order valence-corrected chi connectivity index (χ1v) is 13.2. The third kappa shape index (κ3) is 5.23. The molecule has 4 aromatic rings. The number of carbonyl (C=O) groups is 3. The van der Waals surface area contributed by atoms with Gasteiger partial charge in [0.2, 0.25) is 0 Å². The van der Waals surface area contributed by atoms with Gasteiger partial charge in [-0.2, -0.15) is 0 Å². The molecule has 0 aliphatic carbocycles. The van der Waals surface area contributed by atoms with Gasteiger partial charge in [-0.3, -0.25) is 9.59 Å². The van der Waals surface area contributed by atoms with Gasteiger partial charge in [-0.25, -0.2) is 4.79 Å². The van der Waals surface area contributed by atoms with E-state index in [2.05, 4.69) is 10.6 Å². The van der Waals surface area contributed by atoms with Crippen LogP contribution in [0.15, 0.2) is 42.5 Å². The Hall–Kier alpha value is -3.33. The largest absolute Gasteiger partial charge is 0.462 e. The van der Waals surface area contributed by atoms with Gasteiger partial charge in [0.05, 0.1) is 17.0 Å². The minimum absolute atomic E-state index is 0.151. The van der Waals surface area contributed by atoms with E-state index in [4.69, 9.17) is 27.9 Å². The minimum Gasteiger partial charge on any atom is -0.462 e. The quantitative estimate of drug-likeness (QED) is 0.233. The highest BCUT2D eigenvalue weighted by Gasteiger charge is 2.28. The summed E-state index contributed by atoms with van der Waals surface area (Å²) in [6, 6.07) is 12.2. The summed E-state index contributed by atoms with van der Waals surface area (Å²) in [4.78, 5) is 39.9. The number of esters is 1. The Labute approximate surface area is 228 Å². The lowest BCUT2D eigenvalue weighted by Crippen LogP contribution is -2.19. The van der Waals surface area contributed by atoms with Crippen molar-refractivity contribution < 1.29 is 19.1 Å². The van der Waals surface area contributed by atoms with Crippen LogP contribution in [0, 0.1) is 13.8 Å². The van der Waals surface area contributed by atoms with Crippen molar-refractivity contribution in [1.29, 1.82) is 0 Å². The van der Waals surface area contributed by atoms with Gasteiger partial charge in [0.15, 0.2) is 0 Å². The number of benzene rings is 2. The van der Waals surface area contributed by atoms with Gasteiger partial charge in [-0.05, 0) is 81.3 Å². The molecule has 10 heteroatoms. The molecule has 0 aliphatic rings. The van der Waals surface area contributed by atoms with E-state index >= 15 is 0 Å². The van der Waals surface area contributed by atoms with Gasteiger partial charge in [-0.1, -0.05) is 23.2 Å². The Morgan fingerprint density at radius 1 is 0.919 bits per heavy atom. The van der Waals surface area contributed by atoms with E-state index in [0.29, 0.717) is 33.5 Å². The summed E-state index contributed by atoms with van der Waals surface area (Å²) in [7, 11) is 0. The van der Waals surface area contributed by atoms with Gasteiger partial charge in [-0.15, -0.1) is 11.3 Å². The van der Waals surface area contributed by atoms with Crippen LogP contribution in [0.3, 0.4) is 0 Å². The number of aryl methyl sites for hydroxylation is 2. The summed E-state index contributed by atoms with van der Waals surface area (Å²) in [6.07, 6.45) is 0.